The second-order valence-corrected chi connectivity index (χ2v) is 4.88. The number of aliphatic hydroxyl groups excluding tert-OH is 1. The Morgan fingerprint density at radius 2 is 2.21 bits per heavy atom. The zero-order valence-electron chi connectivity index (χ0n) is 11.3. The van der Waals surface area contributed by atoms with Crippen molar-refractivity contribution >= 4 is 5.91 Å². The SMILES string of the molecule is CCOc1ccccc1C(=O)NC1CCCC1CO. The molecule has 104 valence electrons. The Morgan fingerprint density at radius 3 is 2.95 bits per heavy atom. The van der Waals surface area contributed by atoms with E-state index in [-0.39, 0.29) is 24.5 Å². The number of amides is 1. The van der Waals surface area contributed by atoms with Crippen molar-refractivity contribution in [2.45, 2.75) is 32.2 Å². The Bertz CT molecular complexity index is 433. The third-order valence-corrected chi connectivity index (χ3v) is 3.64. The first-order chi connectivity index (χ1) is 9.26. The number of hydrogen-bond acceptors (Lipinski definition) is 3. The van der Waals surface area contributed by atoms with E-state index in [2.05, 4.69) is 5.32 Å². The molecule has 0 heterocycles. The van der Waals surface area contributed by atoms with Gasteiger partial charge in [-0.25, -0.2) is 0 Å². The highest BCUT2D eigenvalue weighted by molar-refractivity contribution is 5.97. The largest absolute Gasteiger partial charge is 0.493 e. The molecule has 4 heteroatoms. The van der Waals surface area contributed by atoms with Gasteiger partial charge in [0, 0.05) is 18.6 Å². The molecule has 0 aromatic heterocycles. The molecule has 0 radical (unpaired) electrons. The lowest BCUT2D eigenvalue weighted by Crippen LogP contribution is -2.38. The Hall–Kier alpha value is -1.55. The lowest BCUT2D eigenvalue weighted by atomic mass is 10.0. The zero-order chi connectivity index (χ0) is 13.7. The van der Waals surface area contributed by atoms with Crippen LogP contribution in [0.3, 0.4) is 0 Å². The molecule has 2 atom stereocenters. The first-order valence-corrected chi connectivity index (χ1v) is 6.89. The number of nitrogens with one attached hydrogen (secondary N) is 1. The first kappa shape index (κ1) is 13.9. The summed E-state index contributed by atoms with van der Waals surface area (Å²) in [5.74, 6) is 0.679. The fourth-order valence-corrected chi connectivity index (χ4v) is 2.63. The van der Waals surface area contributed by atoms with E-state index in [4.69, 9.17) is 4.74 Å². The van der Waals surface area contributed by atoms with Crippen molar-refractivity contribution in [3.63, 3.8) is 0 Å². The molecule has 2 N–H and O–H groups in total. The van der Waals surface area contributed by atoms with Gasteiger partial charge in [-0.05, 0) is 31.9 Å². The van der Waals surface area contributed by atoms with Crippen LogP contribution in [0.2, 0.25) is 0 Å². The van der Waals surface area contributed by atoms with E-state index in [0.717, 1.165) is 19.3 Å². The minimum absolute atomic E-state index is 0.0761. The Morgan fingerprint density at radius 1 is 1.42 bits per heavy atom. The van der Waals surface area contributed by atoms with E-state index in [9.17, 15) is 9.90 Å². The highest BCUT2D eigenvalue weighted by Crippen LogP contribution is 2.26. The van der Waals surface area contributed by atoms with Crippen LogP contribution in [0, 0.1) is 5.92 Å². The summed E-state index contributed by atoms with van der Waals surface area (Å²) in [6.45, 7) is 2.57. The first-order valence-electron chi connectivity index (χ1n) is 6.89. The fourth-order valence-electron chi connectivity index (χ4n) is 2.63. The van der Waals surface area contributed by atoms with Crippen molar-refractivity contribution < 1.29 is 14.6 Å². The van der Waals surface area contributed by atoms with E-state index >= 15 is 0 Å². The Kier molecular flexibility index (Phi) is 4.80. The van der Waals surface area contributed by atoms with Crippen molar-refractivity contribution in [2.24, 2.45) is 5.92 Å². The maximum atomic E-state index is 12.3. The van der Waals surface area contributed by atoms with Crippen LogP contribution in [0.15, 0.2) is 24.3 Å². The molecule has 4 nitrogen and oxygen atoms in total. The van der Waals surface area contributed by atoms with Crippen molar-refractivity contribution in [1.82, 2.24) is 5.32 Å². The molecule has 2 rings (SSSR count). The molecule has 0 saturated heterocycles. The topological polar surface area (TPSA) is 58.6 Å². The highest BCUT2D eigenvalue weighted by atomic mass is 16.5. The third-order valence-electron chi connectivity index (χ3n) is 3.64. The lowest BCUT2D eigenvalue weighted by molar-refractivity contribution is 0.0912. The molecule has 0 bridgehead atoms. The van der Waals surface area contributed by atoms with Gasteiger partial charge in [-0.2, -0.15) is 0 Å². The van der Waals surface area contributed by atoms with Gasteiger partial charge >= 0.3 is 0 Å². The van der Waals surface area contributed by atoms with Gasteiger partial charge < -0.3 is 15.2 Å². The van der Waals surface area contributed by atoms with Gasteiger partial charge in [-0.15, -0.1) is 0 Å². The molecule has 1 aromatic carbocycles. The molecule has 1 aliphatic rings. The van der Waals surface area contributed by atoms with Crippen molar-refractivity contribution in [3.8, 4) is 5.75 Å². The van der Waals surface area contributed by atoms with E-state index in [1.807, 2.05) is 19.1 Å². The molecular weight excluding hydrogens is 242 g/mol. The van der Waals surface area contributed by atoms with Crippen molar-refractivity contribution in [1.29, 1.82) is 0 Å². The second kappa shape index (κ2) is 6.57. The molecule has 1 aliphatic carbocycles. The fraction of sp³-hybridized carbons (Fsp3) is 0.533. The average molecular weight is 263 g/mol. The van der Waals surface area contributed by atoms with Crippen molar-refractivity contribution in [2.75, 3.05) is 13.2 Å². The van der Waals surface area contributed by atoms with E-state index in [0.29, 0.717) is 17.9 Å². The maximum Gasteiger partial charge on any atom is 0.255 e. The summed E-state index contributed by atoms with van der Waals surface area (Å²) in [5.41, 5.74) is 0.563. The van der Waals surface area contributed by atoms with Crippen LogP contribution in [0.5, 0.6) is 5.75 Å². The summed E-state index contributed by atoms with van der Waals surface area (Å²) < 4.78 is 5.47. The number of aliphatic hydroxyl groups is 1. The smallest absolute Gasteiger partial charge is 0.255 e. The molecule has 1 amide bonds. The van der Waals surface area contributed by atoms with Crippen LogP contribution < -0.4 is 10.1 Å². The molecule has 1 aromatic rings. The molecular formula is C15H21NO3. The van der Waals surface area contributed by atoms with Crippen LogP contribution >= 0.6 is 0 Å². The van der Waals surface area contributed by atoms with E-state index in [1.54, 1.807) is 12.1 Å². The number of ether oxygens (including phenoxy) is 1. The van der Waals surface area contributed by atoms with Crippen LogP contribution in [0.1, 0.15) is 36.5 Å². The van der Waals surface area contributed by atoms with Gasteiger partial charge in [-0.1, -0.05) is 18.6 Å². The molecule has 0 aliphatic heterocycles. The summed E-state index contributed by atoms with van der Waals surface area (Å²) in [5, 5.41) is 12.3. The highest BCUT2D eigenvalue weighted by Gasteiger charge is 2.28. The summed E-state index contributed by atoms with van der Waals surface area (Å²) in [6, 6.07) is 7.33. The van der Waals surface area contributed by atoms with E-state index in [1.165, 1.54) is 0 Å². The quantitative estimate of drug-likeness (QED) is 0.854. The van der Waals surface area contributed by atoms with Gasteiger partial charge in [0.1, 0.15) is 5.75 Å². The summed E-state index contributed by atoms with van der Waals surface area (Å²) >= 11 is 0. The molecule has 19 heavy (non-hydrogen) atoms. The molecule has 0 spiro atoms. The molecule has 2 unspecified atom stereocenters. The van der Waals surface area contributed by atoms with Gasteiger partial charge in [0.25, 0.3) is 5.91 Å². The predicted octanol–water partition coefficient (Wildman–Crippen LogP) is 1.98. The number of carbonyl (C=O) groups is 1. The second-order valence-electron chi connectivity index (χ2n) is 4.88. The number of benzene rings is 1. The lowest BCUT2D eigenvalue weighted by Gasteiger charge is -2.19. The summed E-state index contributed by atoms with van der Waals surface area (Å²) in [6.07, 6.45) is 2.98. The number of para-hydroxylation sites is 1. The number of hydrogen-bond donors (Lipinski definition) is 2. The predicted molar refractivity (Wildman–Crippen MR) is 73.3 cm³/mol. The minimum atomic E-state index is -0.116. The van der Waals surface area contributed by atoms with Gasteiger partial charge in [0.2, 0.25) is 0 Å². The Labute approximate surface area is 113 Å². The summed E-state index contributed by atoms with van der Waals surface area (Å²) in [4.78, 5) is 12.3. The minimum Gasteiger partial charge on any atom is -0.493 e. The molecule has 1 fully saturated rings. The monoisotopic (exact) mass is 263 g/mol. The van der Waals surface area contributed by atoms with Gasteiger partial charge in [0.05, 0.1) is 12.2 Å². The van der Waals surface area contributed by atoms with Crippen LogP contribution in [-0.4, -0.2) is 30.3 Å². The van der Waals surface area contributed by atoms with Crippen LogP contribution in [0.4, 0.5) is 0 Å². The van der Waals surface area contributed by atoms with Crippen LogP contribution in [-0.2, 0) is 0 Å². The normalized spacial score (nSPS) is 22.2. The molecule has 1 saturated carbocycles. The maximum absolute atomic E-state index is 12.3. The third kappa shape index (κ3) is 3.26. The Balaban J connectivity index is 2.07. The average Bonchev–Trinajstić information content (AvgIpc) is 2.87. The van der Waals surface area contributed by atoms with Gasteiger partial charge in [0.15, 0.2) is 0 Å². The standard InChI is InChI=1S/C15H21NO3/c1-2-19-14-9-4-3-7-12(14)15(18)16-13-8-5-6-11(13)10-17/h3-4,7,9,11,13,17H,2,5-6,8,10H2,1H3,(H,16,18). The number of carbonyl (C=O) groups excluding carboxylic acids is 1. The van der Waals surface area contributed by atoms with Crippen LogP contribution in [0.25, 0.3) is 0 Å². The van der Waals surface area contributed by atoms with Crippen molar-refractivity contribution in [3.05, 3.63) is 29.8 Å². The summed E-state index contributed by atoms with van der Waals surface area (Å²) in [7, 11) is 0. The van der Waals surface area contributed by atoms with Gasteiger partial charge in [-0.3, -0.25) is 4.79 Å². The zero-order valence-corrected chi connectivity index (χ0v) is 11.3. The number of rotatable bonds is 5. The van der Waals surface area contributed by atoms with E-state index < -0.39 is 0 Å².